The Morgan fingerprint density at radius 2 is 1.94 bits per heavy atom. The molecule has 33 heavy (non-hydrogen) atoms. The van der Waals surface area contributed by atoms with E-state index in [9.17, 15) is 14.4 Å². The molecular weight excluding hydrogens is 424 g/mol. The van der Waals surface area contributed by atoms with Gasteiger partial charge in [-0.1, -0.05) is 19.4 Å². The van der Waals surface area contributed by atoms with Gasteiger partial charge in [0.05, 0.1) is 37.2 Å². The summed E-state index contributed by atoms with van der Waals surface area (Å²) in [5.41, 5.74) is 7.54. The van der Waals surface area contributed by atoms with E-state index in [0.29, 0.717) is 37.3 Å². The minimum atomic E-state index is -0.463. The van der Waals surface area contributed by atoms with E-state index < -0.39 is 12.2 Å². The summed E-state index contributed by atoms with van der Waals surface area (Å²) in [5, 5.41) is 3.41. The molecule has 0 saturated carbocycles. The van der Waals surface area contributed by atoms with E-state index in [1.54, 1.807) is 9.80 Å². The number of carbonyl (C=O) groups excluding carboxylic acids is 3. The SMILES string of the molecule is CCCC(CNCCCC(N)=O)c1ccc2c(c1)N(C(=O)OC(C)C)C[C@H](C)N2C(=O)OC. The number of amides is 3. The van der Waals surface area contributed by atoms with Crippen molar-refractivity contribution in [1.29, 1.82) is 0 Å². The molecule has 1 unspecified atom stereocenters. The van der Waals surface area contributed by atoms with Crippen molar-refractivity contribution in [3.63, 3.8) is 0 Å². The standard InChI is InChI=1S/C24H38N4O5/c1-6-8-19(14-26-12-7-9-22(25)29)18-10-11-20-21(13-18)27(23(30)33-16(2)3)15-17(4)28(20)24(31)32-5/h10-11,13,16-17,19,26H,6-9,12,14-15H2,1-5H3,(H2,25,29)/t17-,19?/m0/s1. The van der Waals surface area contributed by atoms with Gasteiger partial charge in [0.2, 0.25) is 5.91 Å². The Kier molecular flexibility index (Phi) is 9.96. The highest BCUT2D eigenvalue weighted by Gasteiger charge is 2.36. The maximum Gasteiger partial charge on any atom is 0.414 e. The van der Waals surface area contributed by atoms with Crippen molar-refractivity contribution >= 4 is 29.5 Å². The number of primary amides is 1. The fourth-order valence-corrected chi connectivity index (χ4v) is 4.11. The Bertz CT molecular complexity index is 829. The normalized spacial score (nSPS) is 16.4. The van der Waals surface area contributed by atoms with Crippen molar-refractivity contribution < 1.29 is 23.9 Å². The number of hydrogen-bond acceptors (Lipinski definition) is 6. The molecule has 2 atom stereocenters. The molecule has 9 heteroatoms. The molecule has 3 amide bonds. The Morgan fingerprint density at radius 1 is 1.21 bits per heavy atom. The van der Waals surface area contributed by atoms with E-state index >= 15 is 0 Å². The van der Waals surface area contributed by atoms with E-state index in [4.69, 9.17) is 15.2 Å². The van der Waals surface area contributed by atoms with Crippen LogP contribution < -0.4 is 20.9 Å². The largest absolute Gasteiger partial charge is 0.452 e. The zero-order valence-corrected chi connectivity index (χ0v) is 20.4. The van der Waals surface area contributed by atoms with Crippen molar-refractivity contribution in [3.8, 4) is 0 Å². The number of carbonyl (C=O) groups is 3. The molecule has 0 aliphatic carbocycles. The lowest BCUT2D eigenvalue weighted by Gasteiger charge is -2.40. The number of nitrogens with zero attached hydrogens (tertiary/aromatic N) is 2. The number of fused-ring (bicyclic) bond motifs is 1. The Hall–Kier alpha value is -2.81. The summed E-state index contributed by atoms with van der Waals surface area (Å²) in [6, 6.07) is 5.59. The third-order valence-corrected chi connectivity index (χ3v) is 5.64. The van der Waals surface area contributed by atoms with E-state index in [1.165, 1.54) is 7.11 Å². The number of nitrogens with one attached hydrogen (secondary N) is 1. The highest BCUT2D eigenvalue weighted by atomic mass is 16.6. The van der Waals surface area contributed by atoms with Gasteiger partial charge in [0.15, 0.2) is 0 Å². The van der Waals surface area contributed by atoms with Crippen LogP contribution >= 0.6 is 0 Å². The lowest BCUT2D eigenvalue weighted by molar-refractivity contribution is -0.118. The summed E-state index contributed by atoms with van der Waals surface area (Å²) in [5.74, 6) is -0.0860. The first kappa shape index (κ1) is 26.4. The van der Waals surface area contributed by atoms with Crippen LogP contribution in [-0.2, 0) is 14.3 Å². The molecular formula is C24H38N4O5. The van der Waals surface area contributed by atoms with Crippen LogP contribution in [0.3, 0.4) is 0 Å². The summed E-state index contributed by atoms with van der Waals surface area (Å²) in [4.78, 5) is 39.5. The maximum atomic E-state index is 12.9. The first-order valence-corrected chi connectivity index (χ1v) is 11.7. The van der Waals surface area contributed by atoms with Crippen molar-refractivity contribution in [2.24, 2.45) is 5.73 Å². The predicted molar refractivity (Wildman–Crippen MR) is 129 cm³/mol. The molecule has 1 aliphatic rings. The highest BCUT2D eigenvalue weighted by Crippen LogP contribution is 2.39. The number of benzene rings is 1. The lowest BCUT2D eigenvalue weighted by atomic mass is 9.92. The summed E-state index contributed by atoms with van der Waals surface area (Å²) in [7, 11) is 1.35. The van der Waals surface area contributed by atoms with E-state index in [1.807, 2.05) is 39.0 Å². The van der Waals surface area contributed by atoms with Crippen LogP contribution in [-0.4, -0.2) is 57.0 Å². The van der Waals surface area contributed by atoms with Gasteiger partial charge in [-0.2, -0.15) is 0 Å². The number of rotatable bonds is 10. The number of methoxy groups -OCH3 is 1. The number of nitrogens with two attached hydrogens (primary N) is 1. The molecule has 0 bridgehead atoms. The smallest absolute Gasteiger partial charge is 0.414 e. The summed E-state index contributed by atoms with van der Waals surface area (Å²) in [6.45, 7) is 9.37. The molecule has 1 aromatic rings. The minimum absolute atomic E-state index is 0.211. The van der Waals surface area contributed by atoms with Crippen molar-refractivity contribution in [1.82, 2.24) is 5.32 Å². The minimum Gasteiger partial charge on any atom is -0.452 e. The molecule has 0 fully saturated rings. The maximum absolute atomic E-state index is 12.9. The Morgan fingerprint density at radius 3 is 2.55 bits per heavy atom. The second-order valence-electron chi connectivity index (χ2n) is 8.74. The Labute approximate surface area is 196 Å². The molecule has 9 nitrogen and oxygen atoms in total. The molecule has 0 spiro atoms. The van der Waals surface area contributed by atoms with Crippen molar-refractivity contribution in [2.75, 3.05) is 36.5 Å². The van der Waals surface area contributed by atoms with Gasteiger partial charge < -0.3 is 20.5 Å². The monoisotopic (exact) mass is 462 g/mol. The zero-order chi connectivity index (χ0) is 24.5. The van der Waals surface area contributed by atoms with Crippen LogP contribution in [0.2, 0.25) is 0 Å². The van der Waals surface area contributed by atoms with Crippen LogP contribution in [0.1, 0.15) is 64.9 Å². The third-order valence-electron chi connectivity index (χ3n) is 5.64. The molecule has 1 aromatic carbocycles. The van der Waals surface area contributed by atoms with Crippen LogP contribution in [0.4, 0.5) is 21.0 Å². The van der Waals surface area contributed by atoms with Crippen molar-refractivity contribution in [2.45, 2.75) is 71.4 Å². The van der Waals surface area contributed by atoms with Crippen LogP contribution in [0, 0.1) is 0 Å². The third kappa shape index (κ3) is 7.08. The zero-order valence-electron chi connectivity index (χ0n) is 20.4. The summed E-state index contributed by atoms with van der Waals surface area (Å²) >= 11 is 0. The van der Waals surface area contributed by atoms with Crippen molar-refractivity contribution in [3.05, 3.63) is 23.8 Å². The van der Waals surface area contributed by atoms with E-state index in [-0.39, 0.29) is 24.0 Å². The van der Waals surface area contributed by atoms with Gasteiger partial charge in [0, 0.05) is 13.0 Å². The highest BCUT2D eigenvalue weighted by molar-refractivity contribution is 6.00. The average Bonchev–Trinajstić information content (AvgIpc) is 2.76. The van der Waals surface area contributed by atoms with Crippen LogP contribution in [0.5, 0.6) is 0 Å². The van der Waals surface area contributed by atoms with Crippen LogP contribution in [0.25, 0.3) is 0 Å². The molecule has 0 aromatic heterocycles. The Balaban J connectivity index is 2.35. The molecule has 184 valence electrons. The molecule has 0 saturated heterocycles. The fourth-order valence-electron chi connectivity index (χ4n) is 4.11. The quantitative estimate of drug-likeness (QED) is 0.512. The average molecular weight is 463 g/mol. The predicted octanol–water partition coefficient (Wildman–Crippen LogP) is 3.75. The molecule has 0 radical (unpaired) electrons. The molecule has 1 heterocycles. The summed E-state index contributed by atoms with van der Waals surface area (Å²) < 4.78 is 10.5. The number of anilines is 2. The fraction of sp³-hybridized carbons (Fsp3) is 0.625. The van der Waals surface area contributed by atoms with E-state index in [0.717, 1.165) is 24.9 Å². The second-order valence-corrected chi connectivity index (χ2v) is 8.74. The first-order chi connectivity index (χ1) is 15.7. The second kappa shape index (κ2) is 12.4. The molecule has 3 N–H and O–H groups in total. The van der Waals surface area contributed by atoms with Gasteiger partial charge in [-0.15, -0.1) is 0 Å². The van der Waals surface area contributed by atoms with Gasteiger partial charge in [0.25, 0.3) is 0 Å². The van der Waals surface area contributed by atoms with Crippen LogP contribution in [0.15, 0.2) is 18.2 Å². The number of hydrogen-bond donors (Lipinski definition) is 2. The molecule has 2 rings (SSSR count). The lowest BCUT2D eigenvalue weighted by Crippen LogP contribution is -2.52. The van der Waals surface area contributed by atoms with Gasteiger partial charge in [-0.25, -0.2) is 9.59 Å². The summed E-state index contributed by atoms with van der Waals surface area (Å²) in [6.07, 6.45) is 1.85. The van der Waals surface area contributed by atoms with Gasteiger partial charge in [-0.3, -0.25) is 14.6 Å². The van der Waals surface area contributed by atoms with E-state index in [2.05, 4.69) is 12.2 Å². The topological polar surface area (TPSA) is 114 Å². The van der Waals surface area contributed by atoms with Gasteiger partial charge >= 0.3 is 12.2 Å². The first-order valence-electron chi connectivity index (χ1n) is 11.7. The molecule has 1 aliphatic heterocycles. The number of ether oxygens (including phenoxy) is 2. The van der Waals surface area contributed by atoms with Gasteiger partial charge in [0.1, 0.15) is 0 Å². The van der Waals surface area contributed by atoms with Gasteiger partial charge in [-0.05, 0) is 63.8 Å².